The average molecular weight is 1540 g/mol. The molecule has 0 spiro atoms. The van der Waals surface area contributed by atoms with Gasteiger partial charge < -0.3 is 18.1 Å². The van der Waals surface area contributed by atoms with Gasteiger partial charge in [-0.15, -0.1) is 0 Å². The summed E-state index contributed by atoms with van der Waals surface area (Å²) in [5, 5.41) is 6.85. The van der Waals surface area contributed by atoms with Gasteiger partial charge in [0, 0.05) is 49.4 Å². The van der Waals surface area contributed by atoms with E-state index < -0.39 is 29.2 Å². The Balaban J connectivity index is 0.000000120. The molecule has 118 heavy (non-hydrogen) atoms. The van der Waals surface area contributed by atoms with Crippen molar-refractivity contribution in [1.29, 1.82) is 0 Å². The van der Waals surface area contributed by atoms with Crippen LogP contribution in [0.1, 0.15) is 72.2 Å². The molecule has 5 heterocycles. The molecule has 20 aromatic rings. The topological polar surface area (TPSA) is 122 Å². The predicted octanol–water partition coefficient (Wildman–Crippen LogP) is 25.5. The highest BCUT2D eigenvalue weighted by atomic mass is 35.5. The summed E-state index contributed by atoms with van der Waals surface area (Å²) in [7, 11) is -0.417. The van der Waals surface area contributed by atoms with E-state index in [9.17, 15) is 0 Å². The van der Waals surface area contributed by atoms with Crippen molar-refractivity contribution in [3.63, 3.8) is 0 Å². The van der Waals surface area contributed by atoms with Crippen LogP contribution < -0.4 is 5.46 Å². The zero-order chi connectivity index (χ0) is 79.3. The minimum Gasteiger partial charge on any atom is -0.436 e. The predicted molar refractivity (Wildman–Crippen MR) is 478 cm³/mol. The molecule has 23 rings (SSSR count). The number of fused-ring (bicyclic) bond motifs is 14. The summed E-state index contributed by atoms with van der Waals surface area (Å²) >= 11 is 6.15. The van der Waals surface area contributed by atoms with Gasteiger partial charge in [0.05, 0.1) is 44.5 Å². The molecule has 16 aromatic carbocycles. The summed E-state index contributed by atoms with van der Waals surface area (Å²) in [5.41, 5.74) is 25.4. The fraction of sp³-hybridized carbons (Fsp3) is 0.0755. The maximum absolute atomic E-state index is 6.47. The molecule has 4 aromatic heterocycles. The van der Waals surface area contributed by atoms with Crippen molar-refractivity contribution in [2.45, 2.75) is 49.7 Å². The number of halogens is 1. The normalized spacial score (nSPS) is 14.3. The Morgan fingerprint density at radius 3 is 1.07 bits per heavy atom. The SMILES string of the molecule is CC1(C)OB(c2ccc(C3(c4ccc5nc(-c6ccccc6)oc5c4)c4ccccc4-c4ccccc43)cc2)OC1(C)C.Clc1nc(-c2ccccc2)c2ccc3ccccc3c2n1.c1ccc(-c2nc3ccc(C4(c5ccc(-c6nc(-c7ccccc7)c7ccc8ccccc8c7n6)cc5)c5ccccc5-c5ccccc54)cc3o2)cc1. The van der Waals surface area contributed by atoms with Crippen LogP contribution in [-0.4, -0.2) is 48.2 Å². The molecule has 1 saturated heterocycles. The smallest absolute Gasteiger partial charge is 0.436 e. The van der Waals surface area contributed by atoms with Gasteiger partial charge >= 0.3 is 7.12 Å². The third kappa shape index (κ3) is 11.9. The molecule has 3 aliphatic rings. The van der Waals surface area contributed by atoms with Crippen molar-refractivity contribution in [2.24, 2.45) is 0 Å². The van der Waals surface area contributed by atoms with Crippen molar-refractivity contribution in [3.05, 3.63) is 426 Å². The summed E-state index contributed by atoms with van der Waals surface area (Å²) in [6, 6.07) is 131. The van der Waals surface area contributed by atoms with Crippen molar-refractivity contribution in [3.8, 4) is 79.1 Å². The summed E-state index contributed by atoms with van der Waals surface area (Å²) in [5.74, 6) is 1.94. The van der Waals surface area contributed by atoms with Crippen molar-refractivity contribution in [2.75, 3.05) is 0 Å². The molecular weight excluding hydrogens is 1470 g/mol. The number of hydrogen-bond acceptors (Lipinski definition) is 10. The Kier molecular flexibility index (Phi) is 17.5. The van der Waals surface area contributed by atoms with Gasteiger partial charge in [-0.3, -0.25) is 0 Å². The highest BCUT2D eigenvalue weighted by Gasteiger charge is 2.53. The number of hydrogen-bond donors (Lipinski definition) is 0. The molecule has 0 unspecified atom stereocenters. The maximum Gasteiger partial charge on any atom is 0.494 e. The lowest BCUT2D eigenvalue weighted by Gasteiger charge is -2.34. The van der Waals surface area contributed by atoms with Gasteiger partial charge in [0.25, 0.3) is 0 Å². The Morgan fingerprint density at radius 1 is 0.280 bits per heavy atom. The zero-order valence-corrected chi connectivity index (χ0v) is 65.8. The lowest BCUT2D eigenvalue weighted by atomic mass is 9.66. The third-order valence-electron chi connectivity index (χ3n) is 24.3. The van der Waals surface area contributed by atoms with Crippen LogP contribution in [0.2, 0.25) is 5.28 Å². The first-order valence-electron chi connectivity index (χ1n) is 39.9. The second-order valence-corrected chi connectivity index (χ2v) is 31.8. The molecule has 0 atom stereocenters. The van der Waals surface area contributed by atoms with Crippen LogP contribution in [0.5, 0.6) is 0 Å². The summed E-state index contributed by atoms with van der Waals surface area (Å²) in [6.07, 6.45) is 0. The van der Waals surface area contributed by atoms with Crippen molar-refractivity contribution in [1.82, 2.24) is 29.9 Å². The summed E-state index contributed by atoms with van der Waals surface area (Å²) in [4.78, 5) is 29.1. The average Bonchev–Trinajstić information content (AvgIpc) is 1.54. The van der Waals surface area contributed by atoms with E-state index in [0.29, 0.717) is 17.6 Å². The van der Waals surface area contributed by atoms with E-state index in [4.69, 9.17) is 49.7 Å². The molecule has 2 aliphatic carbocycles. The fourth-order valence-corrected chi connectivity index (χ4v) is 18.1. The second kappa shape index (κ2) is 28.7. The zero-order valence-electron chi connectivity index (χ0n) is 65.1. The molecule has 0 saturated carbocycles. The first-order valence-corrected chi connectivity index (χ1v) is 40.3. The number of aromatic nitrogens is 6. The largest absolute Gasteiger partial charge is 0.494 e. The maximum atomic E-state index is 6.47. The standard InChI is InChI=1S/C50H31N3O.C38H32BNO3.C18H11ClN2/c1-3-14-33(15-4-1)46-41-29-25-32-13-7-8-18-38(32)47(41)53-48(52-46)34-23-26-36(27-24-34)50(42-21-11-9-19-39(42)40-20-10-12-22-43(40)50)37-28-30-44-45(31-37)54-49(51-44)35-16-5-2-6-17-35;1-36(2)37(3,4)43-39(42-36)28-21-18-26(19-22-28)38(31-16-10-8-14-29(31)30-15-9-11-17-32(30)38)27-20-23-33-34(24-27)41-35(40-33)25-12-6-5-7-13-25;19-18-20-16(13-7-2-1-3-8-13)15-11-10-12-6-4-5-9-14(12)17(15)21-18/h1-31H;5-24H,1-4H3;1-11H. The van der Waals surface area contributed by atoms with E-state index in [-0.39, 0.29) is 5.28 Å². The number of nitrogens with zero attached hydrogens (tertiary/aromatic N) is 6. The van der Waals surface area contributed by atoms with Crippen LogP contribution in [0.25, 0.3) is 145 Å². The highest BCUT2D eigenvalue weighted by Crippen LogP contribution is 2.59. The van der Waals surface area contributed by atoms with Crippen LogP contribution in [0.15, 0.2) is 385 Å². The quantitative estimate of drug-likeness (QED) is 0.0743. The van der Waals surface area contributed by atoms with E-state index in [1.165, 1.54) is 50.1 Å². The second-order valence-electron chi connectivity index (χ2n) is 31.4. The number of oxazole rings is 2. The molecule has 12 heteroatoms. The van der Waals surface area contributed by atoms with Crippen molar-refractivity contribution >= 4 is 89.7 Å². The molecule has 0 N–H and O–H groups in total. The van der Waals surface area contributed by atoms with Gasteiger partial charge in [-0.05, 0) is 183 Å². The van der Waals surface area contributed by atoms with Gasteiger partial charge in [0.2, 0.25) is 17.1 Å². The van der Waals surface area contributed by atoms with E-state index in [0.717, 1.165) is 127 Å². The van der Waals surface area contributed by atoms with E-state index in [2.05, 4.69) is 305 Å². The highest BCUT2D eigenvalue weighted by molar-refractivity contribution is 6.62. The molecule has 1 aliphatic heterocycles. The lowest BCUT2D eigenvalue weighted by Crippen LogP contribution is -2.41. The van der Waals surface area contributed by atoms with Crippen LogP contribution in [0.3, 0.4) is 0 Å². The minimum atomic E-state index is -0.602. The van der Waals surface area contributed by atoms with Gasteiger partial charge in [-0.25, -0.2) is 29.9 Å². The summed E-state index contributed by atoms with van der Waals surface area (Å²) < 4.78 is 25.6. The van der Waals surface area contributed by atoms with E-state index in [1.54, 1.807) is 0 Å². The van der Waals surface area contributed by atoms with Gasteiger partial charge in [0.1, 0.15) is 11.0 Å². The van der Waals surface area contributed by atoms with Crippen LogP contribution in [0.4, 0.5) is 0 Å². The number of rotatable bonds is 10. The molecule has 0 radical (unpaired) electrons. The molecule has 1 fully saturated rings. The van der Waals surface area contributed by atoms with Gasteiger partial charge in [-0.1, -0.05) is 315 Å². The Hall–Kier alpha value is -14.1. The van der Waals surface area contributed by atoms with Crippen LogP contribution in [-0.2, 0) is 20.1 Å². The summed E-state index contributed by atoms with van der Waals surface area (Å²) in [6.45, 7) is 8.36. The fourth-order valence-electron chi connectivity index (χ4n) is 18.0. The van der Waals surface area contributed by atoms with Gasteiger partial charge in [0.15, 0.2) is 17.0 Å². The molecule has 0 bridgehead atoms. The van der Waals surface area contributed by atoms with E-state index in [1.807, 2.05) is 109 Å². The van der Waals surface area contributed by atoms with Crippen molar-refractivity contribution < 1.29 is 18.1 Å². The molecular formula is C106H74BClN6O4. The molecule has 562 valence electrons. The monoisotopic (exact) mass is 1540 g/mol. The van der Waals surface area contributed by atoms with Crippen LogP contribution in [0, 0.1) is 0 Å². The molecule has 10 nitrogen and oxygen atoms in total. The Labute approximate surface area is 688 Å². The first-order chi connectivity index (χ1) is 57.9. The molecule has 0 amide bonds. The Morgan fingerprint density at radius 2 is 0.636 bits per heavy atom. The number of benzene rings is 16. The Bertz CT molecular complexity index is 7180. The lowest BCUT2D eigenvalue weighted by molar-refractivity contribution is 0.00578. The van der Waals surface area contributed by atoms with E-state index >= 15 is 0 Å². The first kappa shape index (κ1) is 71.7. The minimum absolute atomic E-state index is 0.276. The van der Waals surface area contributed by atoms with Crippen LogP contribution >= 0.6 is 11.6 Å². The van der Waals surface area contributed by atoms with Gasteiger partial charge in [-0.2, -0.15) is 0 Å². The third-order valence-corrected chi connectivity index (χ3v) is 24.5.